The summed E-state index contributed by atoms with van der Waals surface area (Å²) in [5, 5.41) is 0. The van der Waals surface area contributed by atoms with Crippen molar-refractivity contribution in [3.8, 4) is 0 Å². The lowest BCUT2D eigenvalue weighted by molar-refractivity contribution is -0.156. The lowest BCUT2D eigenvalue weighted by atomic mass is 9.74. The van der Waals surface area contributed by atoms with Crippen molar-refractivity contribution in [1.29, 1.82) is 0 Å². The molecule has 33 nitrogen and oxygen atoms in total. The van der Waals surface area contributed by atoms with Gasteiger partial charge < -0.3 is 94.7 Å². The van der Waals surface area contributed by atoms with Crippen LogP contribution in [0.15, 0.2) is 85.6 Å². The first-order valence-corrected chi connectivity index (χ1v) is 42.4. The largest absolute Gasteiger partial charge is 0.469 e. The van der Waals surface area contributed by atoms with E-state index in [1.165, 1.54) is 26.4 Å². The van der Waals surface area contributed by atoms with E-state index in [1.54, 1.807) is 41.5 Å². The summed E-state index contributed by atoms with van der Waals surface area (Å²) in [6.07, 6.45) is 15.6. The van der Waals surface area contributed by atoms with E-state index in [1.807, 2.05) is 0 Å². The minimum absolute atomic E-state index is 0.0189. The summed E-state index contributed by atoms with van der Waals surface area (Å²) in [5.74, 6) is -5.02. The first-order chi connectivity index (χ1) is 58.0. The highest BCUT2D eigenvalue weighted by atomic mass is 16.7. The van der Waals surface area contributed by atoms with Crippen molar-refractivity contribution in [3.05, 3.63) is 85.6 Å². The summed E-state index contributed by atoms with van der Waals surface area (Å²) in [7, 11) is 1.27. The van der Waals surface area contributed by atoms with Crippen molar-refractivity contribution >= 4 is 77.4 Å². The number of carbonyl (C=O) groups excluding carboxylic acids is 13. The van der Waals surface area contributed by atoms with Crippen LogP contribution in [0.4, 0.5) is 0 Å². The van der Waals surface area contributed by atoms with Crippen LogP contribution in [0.2, 0.25) is 0 Å². The van der Waals surface area contributed by atoms with Crippen molar-refractivity contribution < 1.29 is 157 Å². The molecular formula is C89H118O33. The van der Waals surface area contributed by atoms with Crippen molar-refractivity contribution in [3.63, 3.8) is 0 Å². The van der Waals surface area contributed by atoms with E-state index in [4.69, 9.17) is 94.7 Å². The Hall–Kier alpha value is -8.83. The van der Waals surface area contributed by atoms with Crippen molar-refractivity contribution in [2.24, 2.45) is 53.3 Å². The smallest absolute Gasteiger partial charge is 0.333 e. The van der Waals surface area contributed by atoms with Crippen molar-refractivity contribution in [1.82, 2.24) is 0 Å². The van der Waals surface area contributed by atoms with E-state index in [0.29, 0.717) is 108 Å². The molecule has 0 aromatic heterocycles. The molecule has 122 heavy (non-hydrogen) atoms. The molecule has 29 unspecified atom stereocenters. The van der Waals surface area contributed by atoms with E-state index in [9.17, 15) is 62.3 Å². The third kappa shape index (κ3) is 22.6. The second-order valence-electron chi connectivity index (χ2n) is 34.7. The van der Waals surface area contributed by atoms with Gasteiger partial charge in [0.15, 0.2) is 24.1 Å². The monoisotopic (exact) mass is 1710 g/mol. The molecule has 17 saturated heterocycles. The number of Topliss-reactive ketones (excluding diaryl/α,β-unsaturated/α-hetero) is 1. The summed E-state index contributed by atoms with van der Waals surface area (Å²) < 4.78 is 107. The van der Waals surface area contributed by atoms with Gasteiger partial charge in [-0.05, 0) is 149 Å². The van der Waals surface area contributed by atoms with Crippen LogP contribution in [0, 0.1) is 53.3 Å². The zero-order valence-corrected chi connectivity index (χ0v) is 71.1. The number of fused-ring (bicyclic) bond motifs is 11. The Balaban J connectivity index is 0.000000139. The van der Waals surface area contributed by atoms with Gasteiger partial charge in [-0.15, -0.1) is 0 Å². The number of methoxy groups -OCH3 is 1. The Bertz CT molecular complexity index is 4010. The van der Waals surface area contributed by atoms with Gasteiger partial charge >= 0.3 is 71.6 Å². The fourth-order valence-electron chi connectivity index (χ4n) is 19.1. The molecule has 17 rings (SSSR count). The van der Waals surface area contributed by atoms with Gasteiger partial charge in [0.1, 0.15) is 75.1 Å². The second-order valence-corrected chi connectivity index (χ2v) is 34.7. The molecule has 33 heteroatoms. The lowest BCUT2D eigenvalue weighted by Crippen LogP contribution is -2.44. The van der Waals surface area contributed by atoms with E-state index in [-0.39, 0.29) is 166 Å². The fraction of sp³-hybridized carbons (Fsp3) is 0.697. The van der Waals surface area contributed by atoms with Gasteiger partial charge in [0.05, 0.1) is 118 Å². The molecule has 29 atom stereocenters. The van der Waals surface area contributed by atoms with Gasteiger partial charge in [-0.3, -0.25) is 28.8 Å². The molecule has 0 radical (unpaired) electrons. The summed E-state index contributed by atoms with van der Waals surface area (Å²) in [4.78, 5) is 148. The Kier molecular flexibility index (Phi) is 32.1. The van der Waals surface area contributed by atoms with Gasteiger partial charge in [0.25, 0.3) is 0 Å². The molecule has 0 aromatic rings. The highest BCUT2D eigenvalue weighted by Crippen LogP contribution is 2.54. The van der Waals surface area contributed by atoms with Crippen LogP contribution in [0.5, 0.6) is 0 Å². The van der Waals surface area contributed by atoms with Crippen molar-refractivity contribution in [2.45, 2.75) is 293 Å². The van der Waals surface area contributed by atoms with Crippen LogP contribution >= 0.6 is 0 Å². The standard InChI is InChI=1S/C14H16O7.C14H22O3.C13H16O6.C13H18O5.C13H18O4.C12H18O3.C10H10O5/c1-5(2)12(15)19-4-6-9-7(13(16)18-3)8-11(20-9)10(6)21-14(8)17;1-8(2)13(17-14(15)9(3)4)11-7-10-5-6-12(11)16-10;1-6(2)12(14)17-4-3-16-10-8-5-7-9(18-8)11(10)19-13(7)15;1-8(2)13(15)16-6-5-12(14)18-11-7-9-3-4-10(11)17-9;1-8(2)13(15)16-7-10(14)5-9-6-11-3-4-12(9)17-11;1-8(2)12(13)14-6-5-9-7-10-3-4-11(9)15-10;1-2-6(11)14-8-5-3-4-7(13-5)9(8)15-10(4)12/h6-11H,1,4H2,2-3H3;8,10-13H,3,5-7H2,1-2,4H3;7-11H,1,3-5H2,2H3;9-11H,1,3-7H2,2H3;9,11-12H,1,3-7H2,2H3;9-11H,1,3-7H2,2H3;2,4-5,7-9H,1,3H2. The predicted octanol–water partition coefficient (Wildman–Crippen LogP) is 7.59. The van der Waals surface area contributed by atoms with Crippen LogP contribution in [-0.2, 0) is 157 Å². The molecule has 0 aromatic carbocycles. The van der Waals surface area contributed by atoms with Crippen LogP contribution in [0.3, 0.4) is 0 Å². The number of ketones is 1. The van der Waals surface area contributed by atoms with Gasteiger partial charge in [0.2, 0.25) is 0 Å². The van der Waals surface area contributed by atoms with Crippen LogP contribution in [0.1, 0.15) is 165 Å². The summed E-state index contributed by atoms with van der Waals surface area (Å²) >= 11 is 0. The van der Waals surface area contributed by atoms with Crippen LogP contribution < -0.4 is 0 Å². The number of rotatable bonds is 29. The molecular weight excluding hydrogens is 1600 g/mol. The van der Waals surface area contributed by atoms with Gasteiger partial charge in [-0.25, -0.2) is 33.6 Å². The highest BCUT2D eigenvalue weighted by molar-refractivity contribution is 5.91. The van der Waals surface area contributed by atoms with Gasteiger partial charge in [0, 0.05) is 58.3 Å². The van der Waals surface area contributed by atoms with Gasteiger partial charge in [-0.1, -0.05) is 59.9 Å². The quantitative estimate of drug-likeness (QED) is 0.0301. The van der Waals surface area contributed by atoms with Gasteiger partial charge in [-0.2, -0.15) is 0 Å². The third-order valence-corrected chi connectivity index (χ3v) is 25.1. The maximum atomic E-state index is 11.9. The zero-order chi connectivity index (χ0) is 88.4. The molecule has 14 bridgehead atoms. The molecule has 0 N–H and O–H groups in total. The molecule has 672 valence electrons. The molecule has 17 aliphatic heterocycles. The Labute approximate surface area is 709 Å². The Morgan fingerprint density at radius 2 is 0.934 bits per heavy atom. The molecule has 0 spiro atoms. The van der Waals surface area contributed by atoms with Crippen LogP contribution in [0.25, 0.3) is 0 Å². The average Bonchev–Trinajstić information content (AvgIpc) is 1.55. The SMILES string of the molecule is C=C(C)C(=O)OC(C(C)C)C1CC2CCC1O2.C=C(C)C(=O)OCC(=O)CC1CC2CCC1O2.C=C(C)C(=O)OCC1C2OC(=O)C3C2OC1C3C(=O)OC.C=C(C)C(=O)OCCC(=O)OC1CC2CCC1O2.C=C(C)C(=O)OCCC1CC2CCC1O2.C=C(C)C(=O)OCCOC1C2CC3C(=O)OC1C3O2.C=CC(=O)OC1C2CC3C(=O)OC1C3O2. The summed E-state index contributed by atoms with van der Waals surface area (Å²) in [5.41, 5.74) is 2.23. The van der Waals surface area contributed by atoms with E-state index >= 15 is 0 Å². The molecule has 0 saturated carbocycles. The maximum absolute atomic E-state index is 11.9. The number of carbonyl (C=O) groups is 13. The highest BCUT2D eigenvalue weighted by Gasteiger charge is 2.71. The first-order valence-electron chi connectivity index (χ1n) is 42.4. The second kappa shape index (κ2) is 41.8. The van der Waals surface area contributed by atoms with E-state index in [0.717, 1.165) is 70.3 Å². The Morgan fingerprint density at radius 1 is 0.451 bits per heavy atom. The Morgan fingerprint density at radius 3 is 1.43 bits per heavy atom. The summed E-state index contributed by atoms with van der Waals surface area (Å²) in [6, 6.07) is 0. The molecule has 0 aliphatic carbocycles. The first kappa shape index (κ1) is 93.9. The normalized spacial score (nSPS) is 35.4. The topological polar surface area (TPSA) is 407 Å². The maximum Gasteiger partial charge on any atom is 0.333 e. The molecule has 0 amide bonds. The minimum atomic E-state index is -0.695. The third-order valence-electron chi connectivity index (χ3n) is 25.1. The van der Waals surface area contributed by atoms with Crippen LogP contribution in [-0.4, -0.2) is 252 Å². The minimum Gasteiger partial charge on any atom is -0.469 e. The van der Waals surface area contributed by atoms with E-state index in [2.05, 4.69) is 59.9 Å². The molecule has 17 heterocycles. The zero-order valence-electron chi connectivity index (χ0n) is 71.1. The number of hydrogen-bond acceptors (Lipinski definition) is 33. The number of ether oxygens (including phenoxy) is 20. The number of hydrogen-bond donors (Lipinski definition) is 0. The average molecular weight is 1720 g/mol. The fourth-order valence-corrected chi connectivity index (χ4v) is 19.1. The number of esters is 12. The lowest BCUT2D eigenvalue weighted by Gasteiger charge is -2.31. The molecule has 17 fully saturated rings. The molecule has 17 aliphatic rings. The predicted molar refractivity (Wildman–Crippen MR) is 422 cm³/mol. The van der Waals surface area contributed by atoms with Crippen molar-refractivity contribution in [2.75, 3.05) is 46.8 Å². The van der Waals surface area contributed by atoms with E-state index < -0.39 is 84.1 Å². The summed E-state index contributed by atoms with van der Waals surface area (Å²) in [6.45, 7) is 39.1.